The number of rotatable bonds is 7. The summed E-state index contributed by atoms with van der Waals surface area (Å²) in [6, 6.07) is 21.2. The van der Waals surface area contributed by atoms with Gasteiger partial charge in [0.05, 0.1) is 12.3 Å². The Morgan fingerprint density at radius 2 is 1.61 bits per heavy atom. The monoisotopic (exact) mass is 397 g/mol. The van der Waals surface area contributed by atoms with E-state index >= 15 is 0 Å². The second kappa shape index (κ2) is 8.60. The van der Waals surface area contributed by atoms with Crippen molar-refractivity contribution in [3.8, 4) is 0 Å². The van der Waals surface area contributed by atoms with E-state index in [-0.39, 0.29) is 23.7 Å². The number of nitrogens with zero attached hydrogens (tertiary/aromatic N) is 1. The molecule has 5 heteroatoms. The third-order valence-electron chi connectivity index (χ3n) is 5.55. The van der Waals surface area contributed by atoms with E-state index in [1.807, 2.05) is 19.1 Å². The van der Waals surface area contributed by atoms with Crippen LogP contribution >= 0.6 is 0 Å². The molecule has 1 aliphatic rings. The normalized spacial score (nSPS) is 18.5. The van der Waals surface area contributed by atoms with Gasteiger partial charge in [0.2, 0.25) is 0 Å². The first-order valence-electron chi connectivity index (χ1n) is 9.96. The zero-order chi connectivity index (χ0) is 20.2. The quantitative estimate of drug-likeness (QED) is 0.729. The lowest BCUT2D eigenvalue weighted by atomic mass is 10.0. The van der Waals surface area contributed by atoms with Crippen molar-refractivity contribution in [2.75, 3.05) is 13.2 Å². The van der Waals surface area contributed by atoms with E-state index in [1.165, 1.54) is 10.4 Å². The Morgan fingerprint density at radius 3 is 2.07 bits per heavy atom. The van der Waals surface area contributed by atoms with Crippen LogP contribution in [0.4, 0.5) is 0 Å². The minimum Gasteiger partial charge on any atom is -0.402 e. The van der Waals surface area contributed by atoms with Crippen LogP contribution in [-0.4, -0.2) is 38.5 Å². The van der Waals surface area contributed by atoms with Gasteiger partial charge in [0.25, 0.3) is 8.32 Å². The summed E-state index contributed by atoms with van der Waals surface area (Å²) < 4.78 is 6.88. The first-order valence-corrected chi connectivity index (χ1v) is 11.9. The summed E-state index contributed by atoms with van der Waals surface area (Å²) >= 11 is 0. The average molecular weight is 398 g/mol. The molecule has 0 aliphatic carbocycles. The van der Waals surface area contributed by atoms with Gasteiger partial charge in [-0.2, -0.15) is 0 Å². The molecule has 2 aromatic rings. The van der Waals surface area contributed by atoms with Gasteiger partial charge in [-0.15, -0.1) is 0 Å². The van der Waals surface area contributed by atoms with Gasteiger partial charge in [-0.05, 0) is 15.4 Å². The Morgan fingerprint density at radius 1 is 1.07 bits per heavy atom. The molecule has 1 N–H and O–H groups in total. The maximum Gasteiger partial charge on any atom is 0.261 e. The molecule has 4 nitrogen and oxygen atoms in total. The first kappa shape index (κ1) is 20.8. The molecule has 150 valence electrons. The van der Waals surface area contributed by atoms with Crippen molar-refractivity contribution in [3.05, 3.63) is 60.7 Å². The molecule has 0 saturated heterocycles. The van der Waals surface area contributed by atoms with Crippen LogP contribution in [0.2, 0.25) is 5.04 Å². The molecule has 0 saturated carbocycles. The highest BCUT2D eigenvalue weighted by Crippen LogP contribution is 2.37. The van der Waals surface area contributed by atoms with Gasteiger partial charge < -0.3 is 14.4 Å². The summed E-state index contributed by atoms with van der Waals surface area (Å²) in [7, 11) is -2.56. The summed E-state index contributed by atoms with van der Waals surface area (Å²) in [5.74, 6) is 0.0640. The summed E-state index contributed by atoms with van der Waals surface area (Å²) in [5, 5.41) is 16.1. The second-order valence-corrected chi connectivity index (χ2v) is 12.9. The van der Waals surface area contributed by atoms with E-state index in [2.05, 4.69) is 74.5 Å². The van der Waals surface area contributed by atoms with Crippen LogP contribution < -0.4 is 10.4 Å². The standard InChI is InChI=1S/C23H31NO3Si/c1-18(16-25)22-15-19(24-27-22)17-26-28(23(2,3)4,20-11-7-5-8-12-20)21-13-9-6-10-14-21/h5-14,18,22,25H,15-17H2,1-4H3/t18-,22+/m1/s1. The maximum atomic E-state index is 9.39. The first-order chi connectivity index (χ1) is 13.4. The third kappa shape index (κ3) is 4.07. The van der Waals surface area contributed by atoms with Gasteiger partial charge in [-0.25, -0.2) is 0 Å². The van der Waals surface area contributed by atoms with Gasteiger partial charge >= 0.3 is 0 Å². The van der Waals surface area contributed by atoms with Gasteiger partial charge in [0.1, 0.15) is 6.10 Å². The molecule has 0 radical (unpaired) electrons. The van der Waals surface area contributed by atoms with Crippen molar-refractivity contribution >= 4 is 24.4 Å². The molecule has 1 aliphatic heterocycles. The SMILES string of the molecule is C[C@H](CO)[C@@H]1CC(CO[Si](c2ccccc2)(c2ccccc2)C(C)(C)C)=NO1. The van der Waals surface area contributed by atoms with Gasteiger partial charge in [-0.3, -0.25) is 0 Å². The molecule has 2 aromatic carbocycles. The molecule has 1 heterocycles. The van der Waals surface area contributed by atoms with Crippen LogP contribution in [0, 0.1) is 5.92 Å². The third-order valence-corrected chi connectivity index (χ3v) is 10.5. The Kier molecular flexibility index (Phi) is 6.38. The molecule has 0 amide bonds. The fraction of sp³-hybridized carbons (Fsp3) is 0.435. The molecule has 28 heavy (non-hydrogen) atoms. The smallest absolute Gasteiger partial charge is 0.261 e. The number of benzene rings is 2. The fourth-order valence-electron chi connectivity index (χ4n) is 3.91. The molecule has 3 rings (SSSR count). The minimum atomic E-state index is -2.56. The van der Waals surface area contributed by atoms with E-state index in [0.717, 1.165) is 5.71 Å². The zero-order valence-electron chi connectivity index (χ0n) is 17.3. The van der Waals surface area contributed by atoms with Crippen LogP contribution in [0.25, 0.3) is 0 Å². The van der Waals surface area contributed by atoms with Crippen LogP contribution in [0.15, 0.2) is 65.8 Å². The molecular weight excluding hydrogens is 366 g/mol. The van der Waals surface area contributed by atoms with Crippen molar-refractivity contribution in [2.24, 2.45) is 11.1 Å². The van der Waals surface area contributed by atoms with E-state index < -0.39 is 8.32 Å². The van der Waals surface area contributed by atoms with Crippen molar-refractivity contribution in [3.63, 3.8) is 0 Å². The predicted octanol–water partition coefficient (Wildman–Crippen LogP) is 3.34. The van der Waals surface area contributed by atoms with Crippen LogP contribution in [0.1, 0.15) is 34.1 Å². The summed E-state index contributed by atoms with van der Waals surface area (Å²) in [6.07, 6.45) is 0.641. The Hall–Kier alpha value is -1.95. The number of oxime groups is 1. The van der Waals surface area contributed by atoms with E-state index in [9.17, 15) is 5.11 Å². The lowest BCUT2D eigenvalue weighted by Crippen LogP contribution is -2.67. The highest BCUT2D eigenvalue weighted by Gasteiger charge is 2.50. The highest BCUT2D eigenvalue weighted by atomic mass is 28.4. The van der Waals surface area contributed by atoms with Crippen molar-refractivity contribution in [2.45, 2.75) is 45.3 Å². The van der Waals surface area contributed by atoms with Crippen LogP contribution in [0.5, 0.6) is 0 Å². The fourth-order valence-corrected chi connectivity index (χ4v) is 8.45. The molecule has 0 bridgehead atoms. The van der Waals surface area contributed by atoms with Crippen LogP contribution in [0.3, 0.4) is 0 Å². The molecule has 0 aromatic heterocycles. The molecule has 0 unspecified atom stereocenters. The number of hydrogen-bond donors (Lipinski definition) is 1. The predicted molar refractivity (Wildman–Crippen MR) is 117 cm³/mol. The largest absolute Gasteiger partial charge is 0.402 e. The van der Waals surface area contributed by atoms with Gasteiger partial charge in [0.15, 0.2) is 0 Å². The second-order valence-electron chi connectivity index (χ2n) is 8.62. The van der Waals surface area contributed by atoms with E-state index in [1.54, 1.807) is 0 Å². The van der Waals surface area contributed by atoms with E-state index in [4.69, 9.17) is 9.26 Å². The summed E-state index contributed by atoms with van der Waals surface area (Å²) in [6.45, 7) is 9.32. The number of aliphatic hydroxyl groups excluding tert-OH is 1. The summed E-state index contributed by atoms with van der Waals surface area (Å²) in [4.78, 5) is 5.54. The van der Waals surface area contributed by atoms with E-state index in [0.29, 0.717) is 13.0 Å². The number of hydrogen-bond acceptors (Lipinski definition) is 4. The van der Waals surface area contributed by atoms with Crippen molar-refractivity contribution in [1.29, 1.82) is 0 Å². The lowest BCUT2D eigenvalue weighted by molar-refractivity contribution is 0.0249. The Bertz CT molecular complexity index is 747. The topological polar surface area (TPSA) is 51.0 Å². The van der Waals surface area contributed by atoms with Crippen LogP contribution in [-0.2, 0) is 9.26 Å². The Labute approximate surface area is 169 Å². The molecule has 0 fully saturated rings. The maximum absolute atomic E-state index is 9.39. The number of aliphatic hydroxyl groups is 1. The lowest BCUT2D eigenvalue weighted by Gasteiger charge is -2.43. The average Bonchev–Trinajstić information content (AvgIpc) is 3.17. The molecule has 0 spiro atoms. The zero-order valence-corrected chi connectivity index (χ0v) is 18.3. The van der Waals surface area contributed by atoms with Gasteiger partial charge in [-0.1, -0.05) is 93.5 Å². The Balaban J connectivity index is 1.94. The van der Waals surface area contributed by atoms with Crippen molar-refractivity contribution in [1.82, 2.24) is 0 Å². The summed E-state index contributed by atoms with van der Waals surface area (Å²) in [5.41, 5.74) is 0.915. The highest BCUT2D eigenvalue weighted by molar-refractivity contribution is 6.99. The molecular formula is C23H31NO3Si. The van der Waals surface area contributed by atoms with Crippen molar-refractivity contribution < 1.29 is 14.4 Å². The molecule has 2 atom stereocenters. The minimum absolute atomic E-state index is 0.0620. The van der Waals surface area contributed by atoms with Gasteiger partial charge in [0, 0.05) is 18.9 Å².